The number of aromatic nitrogens is 3. The number of hydrogen-bond acceptors (Lipinski definition) is 6. The maximum Gasteiger partial charge on any atom is 0.249 e. The number of nitrogens with one attached hydrogen (secondary N) is 2. The van der Waals surface area contributed by atoms with Crippen LogP contribution in [-0.2, 0) is 4.79 Å². The monoisotopic (exact) mass is 326 g/mol. The molecule has 1 aromatic carbocycles. The third kappa shape index (κ3) is 4.18. The summed E-state index contributed by atoms with van der Waals surface area (Å²) in [6, 6.07) is 7.42. The summed E-state index contributed by atoms with van der Waals surface area (Å²) in [5.41, 5.74) is 1.52. The summed E-state index contributed by atoms with van der Waals surface area (Å²) in [7, 11) is 0. The van der Waals surface area contributed by atoms with Crippen molar-refractivity contribution in [1.29, 1.82) is 0 Å². The summed E-state index contributed by atoms with van der Waals surface area (Å²) in [5, 5.41) is 14.0. The minimum absolute atomic E-state index is 0.105. The van der Waals surface area contributed by atoms with Gasteiger partial charge in [0, 0.05) is 31.4 Å². The Morgan fingerprint density at radius 1 is 1.33 bits per heavy atom. The summed E-state index contributed by atoms with van der Waals surface area (Å²) < 4.78 is 0. The molecule has 2 heterocycles. The van der Waals surface area contributed by atoms with Gasteiger partial charge in [0.25, 0.3) is 0 Å². The Bertz CT molecular complexity index is 720. The number of piperidine rings is 1. The van der Waals surface area contributed by atoms with Crippen molar-refractivity contribution in [3.8, 4) is 0 Å². The molecule has 7 heteroatoms. The fourth-order valence-electron chi connectivity index (χ4n) is 2.90. The molecule has 1 unspecified atom stereocenters. The first-order chi connectivity index (χ1) is 11.6. The lowest BCUT2D eigenvalue weighted by atomic mass is 10.0. The molecule has 0 aliphatic carbocycles. The maximum atomic E-state index is 11.2. The molecule has 1 aliphatic rings. The van der Waals surface area contributed by atoms with Gasteiger partial charge in [-0.3, -0.25) is 4.79 Å². The molecule has 1 aromatic heterocycles. The van der Waals surface area contributed by atoms with Crippen LogP contribution in [-0.4, -0.2) is 34.2 Å². The number of hydrogen-bond donors (Lipinski definition) is 2. The van der Waals surface area contributed by atoms with Gasteiger partial charge in [0.05, 0.1) is 6.20 Å². The molecule has 0 spiro atoms. The van der Waals surface area contributed by atoms with Gasteiger partial charge in [-0.05, 0) is 37.0 Å². The standard InChI is InChI=1S/C17H22N6O/c1-12-5-4-8-23(11-12)16-10-18-22-17(21-16)20-15-7-3-6-14(9-15)19-13(2)24/h3,6-7,9-10,12H,4-5,8,11H2,1-2H3,(H,19,24)(H,20,21,22). The second-order valence-corrected chi connectivity index (χ2v) is 6.22. The quantitative estimate of drug-likeness (QED) is 0.899. The van der Waals surface area contributed by atoms with E-state index in [1.165, 1.54) is 19.8 Å². The van der Waals surface area contributed by atoms with E-state index < -0.39 is 0 Å². The third-order valence-electron chi connectivity index (χ3n) is 3.97. The van der Waals surface area contributed by atoms with Crippen molar-refractivity contribution in [3.05, 3.63) is 30.5 Å². The van der Waals surface area contributed by atoms with E-state index in [2.05, 4.69) is 37.6 Å². The fourth-order valence-corrected chi connectivity index (χ4v) is 2.90. The Morgan fingerprint density at radius 2 is 2.17 bits per heavy atom. The predicted octanol–water partition coefficient (Wildman–Crippen LogP) is 2.81. The highest BCUT2D eigenvalue weighted by atomic mass is 16.1. The van der Waals surface area contributed by atoms with Crippen molar-refractivity contribution in [2.45, 2.75) is 26.7 Å². The number of nitrogens with zero attached hydrogens (tertiary/aromatic N) is 4. The molecule has 2 aromatic rings. The highest BCUT2D eigenvalue weighted by Gasteiger charge is 2.18. The lowest BCUT2D eigenvalue weighted by Crippen LogP contribution is -2.35. The zero-order chi connectivity index (χ0) is 16.9. The molecular weight excluding hydrogens is 304 g/mol. The molecule has 1 amide bonds. The van der Waals surface area contributed by atoms with Crippen molar-refractivity contribution in [3.63, 3.8) is 0 Å². The van der Waals surface area contributed by atoms with E-state index in [9.17, 15) is 4.79 Å². The Morgan fingerprint density at radius 3 is 2.96 bits per heavy atom. The molecule has 3 rings (SSSR count). The first-order valence-corrected chi connectivity index (χ1v) is 8.19. The topological polar surface area (TPSA) is 83.0 Å². The number of benzene rings is 1. The smallest absolute Gasteiger partial charge is 0.249 e. The average molecular weight is 326 g/mol. The van der Waals surface area contributed by atoms with E-state index in [0.29, 0.717) is 11.9 Å². The number of anilines is 4. The molecule has 0 radical (unpaired) electrons. The van der Waals surface area contributed by atoms with E-state index in [1.54, 1.807) is 6.20 Å². The Labute approximate surface area is 141 Å². The fraction of sp³-hybridized carbons (Fsp3) is 0.412. The average Bonchev–Trinajstić information content (AvgIpc) is 2.55. The number of carbonyl (C=O) groups excluding carboxylic acids is 1. The molecular formula is C17H22N6O. The van der Waals surface area contributed by atoms with E-state index in [1.807, 2.05) is 24.3 Å². The van der Waals surface area contributed by atoms with Crippen molar-refractivity contribution in [2.24, 2.45) is 5.92 Å². The summed E-state index contributed by atoms with van der Waals surface area (Å²) in [5.74, 6) is 1.86. The molecule has 0 saturated carbocycles. The zero-order valence-electron chi connectivity index (χ0n) is 14.0. The Balaban J connectivity index is 1.74. The largest absolute Gasteiger partial charge is 0.355 e. The van der Waals surface area contributed by atoms with Crippen LogP contribution in [0.15, 0.2) is 30.5 Å². The SMILES string of the molecule is CC(=O)Nc1cccc(Nc2nncc(N3CCCC(C)C3)n2)c1. The highest BCUT2D eigenvalue weighted by Crippen LogP contribution is 2.22. The van der Waals surface area contributed by atoms with Gasteiger partial charge >= 0.3 is 0 Å². The van der Waals surface area contributed by atoms with Gasteiger partial charge in [0.1, 0.15) is 0 Å². The molecule has 1 atom stereocenters. The minimum Gasteiger partial charge on any atom is -0.355 e. The summed E-state index contributed by atoms with van der Waals surface area (Å²) >= 11 is 0. The van der Waals surface area contributed by atoms with Crippen LogP contribution in [0.1, 0.15) is 26.7 Å². The van der Waals surface area contributed by atoms with E-state index in [0.717, 1.165) is 30.3 Å². The summed E-state index contributed by atoms with van der Waals surface area (Å²) in [6.45, 7) is 5.74. The summed E-state index contributed by atoms with van der Waals surface area (Å²) in [6.07, 6.45) is 4.14. The normalized spacial score (nSPS) is 17.4. The first kappa shape index (κ1) is 16.2. The van der Waals surface area contributed by atoms with Crippen molar-refractivity contribution < 1.29 is 4.79 Å². The van der Waals surface area contributed by atoms with Crippen LogP contribution in [0, 0.1) is 5.92 Å². The summed E-state index contributed by atoms with van der Waals surface area (Å²) in [4.78, 5) is 18.0. The molecule has 24 heavy (non-hydrogen) atoms. The number of carbonyl (C=O) groups is 1. The molecule has 1 fully saturated rings. The van der Waals surface area contributed by atoms with Crippen LogP contribution >= 0.6 is 0 Å². The van der Waals surface area contributed by atoms with E-state index in [-0.39, 0.29) is 5.91 Å². The van der Waals surface area contributed by atoms with Gasteiger partial charge in [-0.15, -0.1) is 5.10 Å². The van der Waals surface area contributed by atoms with E-state index >= 15 is 0 Å². The van der Waals surface area contributed by atoms with Crippen LogP contribution in [0.5, 0.6) is 0 Å². The van der Waals surface area contributed by atoms with Crippen molar-refractivity contribution in [1.82, 2.24) is 15.2 Å². The lowest BCUT2D eigenvalue weighted by Gasteiger charge is -2.31. The molecule has 1 saturated heterocycles. The lowest BCUT2D eigenvalue weighted by molar-refractivity contribution is -0.114. The Hall–Kier alpha value is -2.70. The maximum absolute atomic E-state index is 11.2. The van der Waals surface area contributed by atoms with Crippen molar-refractivity contribution >= 4 is 29.0 Å². The third-order valence-corrected chi connectivity index (χ3v) is 3.97. The molecule has 7 nitrogen and oxygen atoms in total. The molecule has 2 N–H and O–H groups in total. The van der Waals surface area contributed by atoms with Gasteiger partial charge in [0.15, 0.2) is 5.82 Å². The molecule has 1 aliphatic heterocycles. The predicted molar refractivity (Wildman–Crippen MR) is 94.5 cm³/mol. The minimum atomic E-state index is -0.105. The van der Waals surface area contributed by atoms with Gasteiger partial charge in [-0.2, -0.15) is 10.1 Å². The van der Waals surface area contributed by atoms with Crippen LogP contribution in [0.2, 0.25) is 0 Å². The van der Waals surface area contributed by atoms with Crippen molar-refractivity contribution in [2.75, 3.05) is 28.6 Å². The second kappa shape index (κ2) is 7.25. The Kier molecular flexibility index (Phi) is 4.88. The van der Waals surface area contributed by atoms with Gasteiger partial charge < -0.3 is 15.5 Å². The van der Waals surface area contributed by atoms with Crippen LogP contribution in [0.25, 0.3) is 0 Å². The van der Waals surface area contributed by atoms with Gasteiger partial charge in [-0.25, -0.2) is 0 Å². The second-order valence-electron chi connectivity index (χ2n) is 6.22. The zero-order valence-corrected chi connectivity index (χ0v) is 14.0. The highest BCUT2D eigenvalue weighted by molar-refractivity contribution is 5.89. The van der Waals surface area contributed by atoms with E-state index in [4.69, 9.17) is 0 Å². The van der Waals surface area contributed by atoms with Gasteiger partial charge in [0.2, 0.25) is 11.9 Å². The van der Waals surface area contributed by atoms with Crippen LogP contribution < -0.4 is 15.5 Å². The van der Waals surface area contributed by atoms with Crippen LogP contribution in [0.4, 0.5) is 23.1 Å². The molecule has 0 bridgehead atoms. The molecule has 126 valence electrons. The number of amides is 1. The van der Waals surface area contributed by atoms with Crippen LogP contribution in [0.3, 0.4) is 0 Å². The van der Waals surface area contributed by atoms with Gasteiger partial charge in [-0.1, -0.05) is 13.0 Å². The first-order valence-electron chi connectivity index (χ1n) is 8.19. The number of rotatable bonds is 4.